The van der Waals surface area contributed by atoms with E-state index in [1.165, 1.54) is 0 Å². The van der Waals surface area contributed by atoms with Gasteiger partial charge in [0.05, 0.1) is 12.6 Å². The van der Waals surface area contributed by atoms with Gasteiger partial charge in [0.2, 0.25) is 0 Å². The molecule has 0 aliphatic carbocycles. The summed E-state index contributed by atoms with van der Waals surface area (Å²) in [4.78, 5) is 0. The van der Waals surface area contributed by atoms with Crippen LogP contribution in [0.3, 0.4) is 0 Å². The van der Waals surface area contributed by atoms with Crippen molar-refractivity contribution in [3.05, 3.63) is 0 Å². The molecule has 0 radical (unpaired) electrons. The van der Waals surface area contributed by atoms with Crippen LogP contribution in [0, 0.1) is 0 Å². The number of ether oxygens (including phenoxy) is 1. The molecule has 2 unspecified atom stereocenters. The van der Waals surface area contributed by atoms with Crippen LogP contribution < -0.4 is 5.32 Å². The molecule has 1 heterocycles. The van der Waals surface area contributed by atoms with Crippen LogP contribution >= 0.6 is 0 Å². The third kappa shape index (κ3) is 2.14. The van der Waals surface area contributed by atoms with Crippen molar-refractivity contribution in [2.45, 2.75) is 38.3 Å². The quantitative estimate of drug-likeness (QED) is 0.707. The Hall–Kier alpha value is -0.220. The van der Waals surface area contributed by atoms with Crippen LogP contribution in [0.1, 0.15) is 20.3 Å². The van der Waals surface area contributed by atoms with Gasteiger partial charge in [0, 0.05) is 12.1 Å². The van der Waals surface area contributed by atoms with E-state index in [0.29, 0.717) is 6.61 Å². The largest absolute Gasteiger partial charge is 0.377 e. The van der Waals surface area contributed by atoms with E-state index in [-0.39, 0.29) is 18.2 Å². The van der Waals surface area contributed by atoms with Crippen molar-refractivity contribution in [3.8, 4) is 0 Å². The summed E-state index contributed by atoms with van der Waals surface area (Å²) in [5.74, 6) is 0. The van der Waals surface area contributed by atoms with Gasteiger partial charge in [0.1, 0.15) is 0 Å². The number of hydrogen-bond donors (Lipinski definition) is 1. The van der Waals surface area contributed by atoms with Gasteiger partial charge in [0.25, 0.3) is 6.43 Å². The molecule has 0 saturated carbocycles. The summed E-state index contributed by atoms with van der Waals surface area (Å²) < 4.78 is 29.1. The van der Waals surface area contributed by atoms with E-state index < -0.39 is 6.43 Å². The molecule has 72 valence electrons. The number of halogens is 2. The van der Waals surface area contributed by atoms with Crippen LogP contribution in [-0.2, 0) is 4.74 Å². The normalized spacial score (nSPS) is 36.2. The molecule has 0 amide bonds. The fourth-order valence-corrected chi connectivity index (χ4v) is 1.38. The van der Waals surface area contributed by atoms with E-state index in [1.807, 2.05) is 13.8 Å². The Morgan fingerprint density at radius 1 is 1.67 bits per heavy atom. The zero-order chi connectivity index (χ0) is 9.19. The molecule has 1 aliphatic heterocycles. The first-order chi connectivity index (χ1) is 5.54. The van der Waals surface area contributed by atoms with Crippen LogP contribution in [0.2, 0.25) is 0 Å². The molecule has 0 aromatic heterocycles. The molecule has 1 fully saturated rings. The second-order valence-electron chi connectivity index (χ2n) is 3.45. The van der Waals surface area contributed by atoms with Gasteiger partial charge < -0.3 is 10.1 Å². The van der Waals surface area contributed by atoms with E-state index in [9.17, 15) is 8.78 Å². The maximum atomic E-state index is 11.9. The third-order valence-corrected chi connectivity index (χ3v) is 2.55. The first kappa shape index (κ1) is 9.86. The standard InChI is InChI=1S/C8H15F2NO/c1-6-8(2,3-4-12-6)11-5-7(9)10/h6-7,11H,3-5H2,1-2H3. The van der Waals surface area contributed by atoms with E-state index in [4.69, 9.17) is 4.74 Å². The Morgan fingerprint density at radius 2 is 2.33 bits per heavy atom. The lowest BCUT2D eigenvalue weighted by Gasteiger charge is -2.28. The molecule has 0 aromatic carbocycles. The summed E-state index contributed by atoms with van der Waals surface area (Å²) in [5, 5.41) is 2.83. The number of nitrogens with one attached hydrogen (secondary N) is 1. The highest BCUT2D eigenvalue weighted by molar-refractivity contribution is 4.93. The molecule has 0 aromatic rings. The Labute approximate surface area is 71.3 Å². The second kappa shape index (κ2) is 3.66. The maximum absolute atomic E-state index is 11.9. The van der Waals surface area contributed by atoms with Gasteiger partial charge in [-0.2, -0.15) is 0 Å². The molecule has 0 bridgehead atoms. The highest BCUT2D eigenvalue weighted by Crippen LogP contribution is 2.24. The van der Waals surface area contributed by atoms with Gasteiger partial charge in [-0.1, -0.05) is 0 Å². The van der Waals surface area contributed by atoms with Crippen LogP contribution in [0.15, 0.2) is 0 Å². The lowest BCUT2D eigenvalue weighted by Crippen LogP contribution is -2.49. The van der Waals surface area contributed by atoms with Crippen LogP contribution in [-0.4, -0.2) is 31.2 Å². The monoisotopic (exact) mass is 179 g/mol. The van der Waals surface area contributed by atoms with Gasteiger partial charge in [-0.15, -0.1) is 0 Å². The number of rotatable bonds is 3. The fourth-order valence-electron chi connectivity index (χ4n) is 1.38. The Balaban J connectivity index is 2.37. The molecule has 2 atom stereocenters. The Morgan fingerprint density at radius 3 is 2.75 bits per heavy atom. The molecule has 1 saturated heterocycles. The van der Waals surface area contributed by atoms with Crippen molar-refractivity contribution in [1.82, 2.24) is 5.32 Å². The predicted octanol–water partition coefficient (Wildman–Crippen LogP) is 1.41. The van der Waals surface area contributed by atoms with Crippen molar-refractivity contribution in [1.29, 1.82) is 0 Å². The summed E-state index contributed by atoms with van der Waals surface area (Å²) in [7, 11) is 0. The van der Waals surface area contributed by atoms with Crippen LogP contribution in [0.5, 0.6) is 0 Å². The Kier molecular flexibility index (Phi) is 3.01. The van der Waals surface area contributed by atoms with Crippen molar-refractivity contribution in [3.63, 3.8) is 0 Å². The van der Waals surface area contributed by atoms with Crippen molar-refractivity contribution in [2.75, 3.05) is 13.2 Å². The molecule has 0 spiro atoms. The maximum Gasteiger partial charge on any atom is 0.250 e. The van der Waals surface area contributed by atoms with Crippen molar-refractivity contribution >= 4 is 0 Å². The smallest absolute Gasteiger partial charge is 0.250 e. The molecule has 4 heteroatoms. The van der Waals surface area contributed by atoms with Crippen LogP contribution in [0.25, 0.3) is 0 Å². The van der Waals surface area contributed by atoms with E-state index in [2.05, 4.69) is 5.32 Å². The van der Waals surface area contributed by atoms with Crippen molar-refractivity contribution in [2.24, 2.45) is 0 Å². The molecule has 2 nitrogen and oxygen atoms in total. The van der Waals surface area contributed by atoms with Crippen molar-refractivity contribution < 1.29 is 13.5 Å². The molecule has 12 heavy (non-hydrogen) atoms. The summed E-state index contributed by atoms with van der Waals surface area (Å²) in [6, 6.07) is 0. The van der Waals surface area contributed by atoms with E-state index >= 15 is 0 Å². The highest BCUT2D eigenvalue weighted by Gasteiger charge is 2.36. The predicted molar refractivity (Wildman–Crippen MR) is 42.4 cm³/mol. The highest BCUT2D eigenvalue weighted by atomic mass is 19.3. The lowest BCUT2D eigenvalue weighted by molar-refractivity contribution is 0.0751. The molecular formula is C8H15F2NO. The third-order valence-electron chi connectivity index (χ3n) is 2.55. The van der Waals surface area contributed by atoms with E-state index in [1.54, 1.807) is 0 Å². The minimum Gasteiger partial charge on any atom is -0.377 e. The fraction of sp³-hybridized carbons (Fsp3) is 1.00. The van der Waals surface area contributed by atoms with Gasteiger partial charge >= 0.3 is 0 Å². The SMILES string of the molecule is CC1OCCC1(C)NCC(F)F. The average Bonchev–Trinajstić information content (AvgIpc) is 2.30. The summed E-state index contributed by atoms with van der Waals surface area (Å²) in [6.07, 6.45) is -1.45. The summed E-state index contributed by atoms with van der Waals surface area (Å²) in [6.45, 7) is 4.25. The topological polar surface area (TPSA) is 21.3 Å². The summed E-state index contributed by atoms with van der Waals surface area (Å²) in [5.41, 5.74) is -0.267. The second-order valence-corrected chi connectivity index (χ2v) is 3.45. The minimum absolute atomic E-state index is 0.0243. The number of alkyl halides is 2. The van der Waals surface area contributed by atoms with Gasteiger partial charge in [-0.3, -0.25) is 0 Å². The zero-order valence-corrected chi connectivity index (χ0v) is 7.44. The van der Waals surface area contributed by atoms with Gasteiger partial charge in [-0.25, -0.2) is 8.78 Å². The molecule has 1 rings (SSSR count). The first-order valence-electron chi connectivity index (χ1n) is 4.19. The number of hydrogen-bond acceptors (Lipinski definition) is 2. The van der Waals surface area contributed by atoms with Crippen LogP contribution in [0.4, 0.5) is 8.78 Å². The van der Waals surface area contributed by atoms with E-state index in [0.717, 1.165) is 6.42 Å². The van der Waals surface area contributed by atoms with Gasteiger partial charge in [-0.05, 0) is 20.3 Å². The minimum atomic E-state index is -2.28. The molecule has 1 aliphatic rings. The molecule has 1 N–H and O–H groups in total. The zero-order valence-electron chi connectivity index (χ0n) is 7.44. The lowest BCUT2D eigenvalue weighted by atomic mass is 9.95. The summed E-state index contributed by atoms with van der Waals surface area (Å²) >= 11 is 0. The molecular weight excluding hydrogens is 164 g/mol. The van der Waals surface area contributed by atoms with Gasteiger partial charge in [0.15, 0.2) is 0 Å². The first-order valence-corrected chi connectivity index (χ1v) is 4.19. The Bertz CT molecular complexity index is 154. The average molecular weight is 179 g/mol.